The number of carbonyl (C=O) groups excluding carboxylic acids is 2. The molecule has 2 heterocycles. The number of benzene rings is 2. The molecule has 32 heavy (non-hydrogen) atoms. The number of carbonyl (C=O) groups is 2. The summed E-state index contributed by atoms with van der Waals surface area (Å²) in [5, 5.41) is 9.69. The monoisotopic (exact) mass is 425 g/mol. The molecule has 7 nitrogen and oxygen atoms in total. The molecule has 4 rings (SSSR count). The van der Waals surface area contributed by atoms with Gasteiger partial charge in [0.2, 0.25) is 0 Å². The second-order valence-corrected chi connectivity index (χ2v) is 7.43. The van der Waals surface area contributed by atoms with E-state index in [4.69, 9.17) is 0 Å². The highest BCUT2D eigenvalue weighted by molar-refractivity contribution is 6.07. The molecule has 0 radical (unpaired) electrons. The van der Waals surface area contributed by atoms with Gasteiger partial charge >= 0.3 is 0 Å². The van der Waals surface area contributed by atoms with Crippen LogP contribution in [-0.2, 0) is 0 Å². The number of fused-ring (bicyclic) bond motifs is 1. The predicted molar refractivity (Wildman–Crippen MR) is 127 cm³/mol. The summed E-state index contributed by atoms with van der Waals surface area (Å²) in [4.78, 5) is 34.1. The zero-order chi connectivity index (χ0) is 22.7. The molecule has 0 bridgehead atoms. The Morgan fingerprint density at radius 2 is 1.59 bits per heavy atom. The summed E-state index contributed by atoms with van der Waals surface area (Å²) in [6.45, 7) is 3.92. The van der Waals surface area contributed by atoms with Gasteiger partial charge in [-0.1, -0.05) is 36.4 Å². The van der Waals surface area contributed by atoms with Crippen LogP contribution in [-0.4, -0.2) is 28.8 Å². The fourth-order valence-electron chi connectivity index (χ4n) is 3.42. The van der Waals surface area contributed by atoms with E-state index in [1.807, 2.05) is 62.4 Å². The van der Waals surface area contributed by atoms with E-state index in [0.29, 0.717) is 17.1 Å². The van der Waals surface area contributed by atoms with Gasteiger partial charge in [0.1, 0.15) is 5.69 Å². The Morgan fingerprint density at radius 1 is 0.844 bits per heavy atom. The lowest BCUT2D eigenvalue weighted by Gasteiger charge is -2.15. The third-order valence-corrected chi connectivity index (χ3v) is 5.18. The maximum atomic E-state index is 13.1. The highest BCUT2D eigenvalue weighted by Gasteiger charge is 2.16. The Balaban J connectivity index is 1.71. The van der Waals surface area contributed by atoms with E-state index in [1.165, 1.54) is 6.20 Å². The summed E-state index contributed by atoms with van der Waals surface area (Å²) in [5.41, 5.74) is 4.57. The Labute approximate surface area is 185 Å². The molecule has 0 fully saturated rings. The molecule has 2 amide bonds. The SMILES string of the molecule is CNC(=O)c1cnc(Nc2ccccc2C)c(NC(=O)c2cc(C)c3ccccc3n2)c1. The molecule has 0 aliphatic heterocycles. The number of pyridine rings is 2. The van der Waals surface area contributed by atoms with Gasteiger partial charge in [-0.25, -0.2) is 9.97 Å². The molecule has 160 valence electrons. The van der Waals surface area contributed by atoms with Gasteiger partial charge in [0.25, 0.3) is 11.8 Å². The molecule has 0 aliphatic rings. The van der Waals surface area contributed by atoms with Crippen molar-refractivity contribution in [1.82, 2.24) is 15.3 Å². The van der Waals surface area contributed by atoms with E-state index in [0.717, 1.165) is 27.7 Å². The van der Waals surface area contributed by atoms with E-state index in [-0.39, 0.29) is 17.5 Å². The smallest absolute Gasteiger partial charge is 0.274 e. The first-order chi connectivity index (χ1) is 15.5. The molecular weight excluding hydrogens is 402 g/mol. The van der Waals surface area contributed by atoms with E-state index >= 15 is 0 Å². The molecule has 3 N–H and O–H groups in total. The fraction of sp³-hybridized carbons (Fsp3) is 0.120. The van der Waals surface area contributed by atoms with E-state index in [1.54, 1.807) is 19.2 Å². The minimum Gasteiger partial charge on any atom is -0.355 e. The highest BCUT2D eigenvalue weighted by atomic mass is 16.2. The first-order valence-corrected chi connectivity index (χ1v) is 10.2. The number of aryl methyl sites for hydroxylation is 2. The quantitative estimate of drug-likeness (QED) is 0.434. The van der Waals surface area contributed by atoms with Gasteiger partial charge in [-0.15, -0.1) is 0 Å². The first kappa shape index (κ1) is 21.0. The lowest BCUT2D eigenvalue weighted by molar-refractivity contribution is 0.0961. The van der Waals surface area contributed by atoms with E-state index in [9.17, 15) is 9.59 Å². The van der Waals surface area contributed by atoms with Gasteiger partial charge in [-0.2, -0.15) is 0 Å². The van der Waals surface area contributed by atoms with Crippen LogP contribution in [0.2, 0.25) is 0 Å². The highest BCUT2D eigenvalue weighted by Crippen LogP contribution is 2.27. The zero-order valence-electron chi connectivity index (χ0n) is 18.1. The number of nitrogens with one attached hydrogen (secondary N) is 3. The number of nitrogens with zero attached hydrogens (tertiary/aromatic N) is 2. The van der Waals surface area contributed by atoms with Crippen molar-refractivity contribution in [3.8, 4) is 0 Å². The maximum Gasteiger partial charge on any atom is 0.274 e. The molecule has 4 aromatic rings. The summed E-state index contributed by atoms with van der Waals surface area (Å²) >= 11 is 0. The molecule has 7 heteroatoms. The summed E-state index contributed by atoms with van der Waals surface area (Å²) in [7, 11) is 1.54. The summed E-state index contributed by atoms with van der Waals surface area (Å²) in [6.07, 6.45) is 1.47. The molecule has 2 aromatic carbocycles. The van der Waals surface area contributed by atoms with Crippen molar-refractivity contribution in [2.45, 2.75) is 13.8 Å². The maximum absolute atomic E-state index is 13.1. The van der Waals surface area contributed by atoms with Crippen LogP contribution in [0.1, 0.15) is 32.0 Å². The van der Waals surface area contributed by atoms with Crippen molar-refractivity contribution >= 4 is 39.9 Å². The molecule has 0 atom stereocenters. The van der Waals surface area contributed by atoms with Crippen LogP contribution in [0.25, 0.3) is 10.9 Å². The fourth-order valence-corrected chi connectivity index (χ4v) is 3.42. The second kappa shape index (κ2) is 8.85. The van der Waals surface area contributed by atoms with Crippen molar-refractivity contribution in [3.63, 3.8) is 0 Å². The van der Waals surface area contributed by atoms with Gasteiger partial charge < -0.3 is 16.0 Å². The van der Waals surface area contributed by atoms with Crippen molar-refractivity contribution < 1.29 is 9.59 Å². The third kappa shape index (κ3) is 4.27. The van der Waals surface area contributed by atoms with Crippen LogP contribution < -0.4 is 16.0 Å². The topological polar surface area (TPSA) is 96.0 Å². The summed E-state index contributed by atoms with van der Waals surface area (Å²) < 4.78 is 0. The third-order valence-electron chi connectivity index (χ3n) is 5.18. The second-order valence-electron chi connectivity index (χ2n) is 7.43. The largest absolute Gasteiger partial charge is 0.355 e. The lowest BCUT2D eigenvalue weighted by Crippen LogP contribution is -2.20. The Morgan fingerprint density at radius 3 is 2.38 bits per heavy atom. The summed E-state index contributed by atoms with van der Waals surface area (Å²) in [6, 6.07) is 18.8. The van der Waals surface area contributed by atoms with Crippen LogP contribution in [0.3, 0.4) is 0 Å². The predicted octanol–water partition coefficient (Wildman–Crippen LogP) is 4.60. The Bertz CT molecular complexity index is 1330. The van der Waals surface area contributed by atoms with Gasteiger partial charge in [0.05, 0.1) is 16.8 Å². The average Bonchev–Trinajstić information content (AvgIpc) is 2.81. The van der Waals surface area contributed by atoms with Crippen LogP contribution in [0.15, 0.2) is 66.9 Å². The van der Waals surface area contributed by atoms with Crippen LogP contribution in [0, 0.1) is 13.8 Å². The molecular formula is C25H23N5O2. The van der Waals surface area contributed by atoms with Gasteiger partial charge in [0, 0.05) is 24.3 Å². The zero-order valence-corrected chi connectivity index (χ0v) is 18.1. The lowest BCUT2D eigenvalue weighted by atomic mass is 10.1. The van der Waals surface area contributed by atoms with Crippen molar-refractivity contribution in [1.29, 1.82) is 0 Å². The number of rotatable bonds is 5. The number of hydrogen-bond acceptors (Lipinski definition) is 5. The van der Waals surface area contributed by atoms with Crippen molar-refractivity contribution in [3.05, 3.63) is 89.2 Å². The van der Waals surface area contributed by atoms with Crippen molar-refractivity contribution in [2.75, 3.05) is 17.7 Å². The molecule has 0 spiro atoms. The standard InChI is InChI=1S/C25H23N5O2/c1-15-8-4-6-10-19(15)29-23-21(13-17(14-27-23)24(31)26-3)30-25(32)22-12-16(2)18-9-5-7-11-20(18)28-22/h4-14H,1-3H3,(H,26,31)(H,27,29)(H,30,32). The van der Waals surface area contributed by atoms with Gasteiger partial charge in [0.15, 0.2) is 5.82 Å². The number of hydrogen-bond donors (Lipinski definition) is 3. The van der Waals surface area contributed by atoms with E-state index < -0.39 is 0 Å². The molecule has 0 saturated heterocycles. The number of para-hydroxylation sites is 2. The molecule has 2 aromatic heterocycles. The minimum atomic E-state index is -0.387. The van der Waals surface area contributed by atoms with Crippen LogP contribution >= 0.6 is 0 Å². The van der Waals surface area contributed by atoms with Crippen molar-refractivity contribution in [2.24, 2.45) is 0 Å². The Hall–Kier alpha value is -4.26. The molecule has 0 aliphatic carbocycles. The molecule has 0 saturated carbocycles. The molecule has 0 unspecified atom stereocenters. The summed E-state index contributed by atoms with van der Waals surface area (Å²) in [5.74, 6) is -0.254. The average molecular weight is 425 g/mol. The number of amides is 2. The Kier molecular flexibility index (Phi) is 5.81. The first-order valence-electron chi connectivity index (χ1n) is 10.2. The van der Waals surface area contributed by atoms with E-state index in [2.05, 4.69) is 25.9 Å². The number of anilines is 3. The van der Waals surface area contributed by atoms with Crippen LogP contribution in [0.5, 0.6) is 0 Å². The van der Waals surface area contributed by atoms with Gasteiger partial charge in [-0.05, 0) is 49.2 Å². The minimum absolute atomic E-state index is 0.286. The van der Waals surface area contributed by atoms with Crippen LogP contribution in [0.4, 0.5) is 17.2 Å². The normalized spacial score (nSPS) is 10.6. The van der Waals surface area contributed by atoms with Gasteiger partial charge in [-0.3, -0.25) is 9.59 Å². The number of aromatic nitrogens is 2.